The number of anilines is 2. The highest BCUT2D eigenvalue weighted by Crippen LogP contribution is 2.26. The number of rotatable bonds is 3. The maximum atomic E-state index is 11.7. The van der Waals surface area contributed by atoms with E-state index in [2.05, 4.69) is 17.6 Å². The second kappa shape index (κ2) is 7.03. The summed E-state index contributed by atoms with van der Waals surface area (Å²) in [5.41, 5.74) is 1.37. The van der Waals surface area contributed by atoms with E-state index < -0.39 is 11.7 Å². The molecule has 1 saturated carbocycles. The summed E-state index contributed by atoms with van der Waals surface area (Å²) in [6.45, 7) is 7.88. The normalized spacial score (nSPS) is 22.0. The molecular formula is C18H28N2O2. The molecule has 2 N–H and O–H groups in total. The summed E-state index contributed by atoms with van der Waals surface area (Å²) in [5, 5.41) is 6.33. The van der Waals surface area contributed by atoms with Crippen LogP contribution in [0.2, 0.25) is 0 Å². The van der Waals surface area contributed by atoms with Crippen LogP contribution in [-0.2, 0) is 4.74 Å². The zero-order valence-corrected chi connectivity index (χ0v) is 14.1. The van der Waals surface area contributed by atoms with Gasteiger partial charge in [-0.3, -0.25) is 5.32 Å². The predicted octanol–water partition coefficient (Wildman–Crippen LogP) is 5.02. The van der Waals surface area contributed by atoms with Gasteiger partial charge in [0.05, 0.1) is 0 Å². The maximum Gasteiger partial charge on any atom is 0.412 e. The highest BCUT2D eigenvalue weighted by molar-refractivity contribution is 5.85. The minimum absolute atomic E-state index is 0.422. The van der Waals surface area contributed by atoms with Crippen molar-refractivity contribution in [2.75, 3.05) is 10.6 Å². The summed E-state index contributed by atoms with van der Waals surface area (Å²) < 4.78 is 5.24. The van der Waals surface area contributed by atoms with Gasteiger partial charge >= 0.3 is 6.09 Å². The highest BCUT2D eigenvalue weighted by atomic mass is 16.6. The van der Waals surface area contributed by atoms with Gasteiger partial charge in [-0.25, -0.2) is 4.79 Å². The summed E-state index contributed by atoms with van der Waals surface area (Å²) in [5.74, 6) is 0.805. The van der Waals surface area contributed by atoms with Crippen molar-refractivity contribution >= 4 is 17.5 Å². The van der Waals surface area contributed by atoms with Crippen molar-refractivity contribution in [3.05, 3.63) is 24.3 Å². The zero-order chi connectivity index (χ0) is 16.2. The smallest absolute Gasteiger partial charge is 0.412 e. The fraction of sp³-hybridized carbons (Fsp3) is 0.611. The largest absolute Gasteiger partial charge is 0.444 e. The van der Waals surface area contributed by atoms with Gasteiger partial charge in [-0.05, 0) is 63.8 Å². The Morgan fingerprint density at radius 1 is 1.14 bits per heavy atom. The molecule has 0 aliphatic heterocycles. The van der Waals surface area contributed by atoms with Gasteiger partial charge in [0, 0.05) is 17.4 Å². The molecule has 1 aliphatic rings. The molecular weight excluding hydrogens is 276 g/mol. The number of hydrogen-bond acceptors (Lipinski definition) is 3. The zero-order valence-electron chi connectivity index (χ0n) is 14.1. The minimum Gasteiger partial charge on any atom is -0.444 e. The van der Waals surface area contributed by atoms with E-state index in [0.717, 1.165) is 17.3 Å². The predicted molar refractivity (Wildman–Crippen MR) is 91.3 cm³/mol. The maximum absolute atomic E-state index is 11.7. The molecule has 1 aromatic carbocycles. The molecule has 4 nitrogen and oxygen atoms in total. The first-order chi connectivity index (χ1) is 10.3. The van der Waals surface area contributed by atoms with E-state index in [-0.39, 0.29) is 0 Å². The molecule has 0 spiro atoms. The van der Waals surface area contributed by atoms with Crippen LogP contribution in [0, 0.1) is 5.92 Å². The number of nitrogens with one attached hydrogen (secondary N) is 2. The van der Waals surface area contributed by atoms with Crippen molar-refractivity contribution in [2.24, 2.45) is 5.92 Å². The third-order valence-electron chi connectivity index (χ3n) is 3.84. The van der Waals surface area contributed by atoms with Crippen LogP contribution in [0.3, 0.4) is 0 Å². The van der Waals surface area contributed by atoms with Crippen LogP contribution >= 0.6 is 0 Å². The molecule has 2 rings (SSSR count). The molecule has 1 aliphatic carbocycles. The van der Waals surface area contributed by atoms with Crippen LogP contribution in [0.1, 0.15) is 53.4 Å². The summed E-state index contributed by atoms with van der Waals surface area (Å²) in [6, 6.07) is 8.38. The van der Waals surface area contributed by atoms with Crippen LogP contribution in [0.25, 0.3) is 0 Å². The van der Waals surface area contributed by atoms with Crippen LogP contribution < -0.4 is 10.6 Å². The number of carbonyl (C=O) groups is 1. The summed E-state index contributed by atoms with van der Waals surface area (Å²) in [6.07, 6.45) is 4.70. The molecule has 0 bridgehead atoms. The SMILES string of the molecule is CC1CCCC(Nc2ccc(NC(=O)OC(C)(C)C)cc2)C1. The number of carbonyl (C=O) groups excluding carboxylic acids is 1. The second-order valence-corrected chi connectivity index (χ2v) is 7.32. The van der Waals surface area contributed by atoms with E-state index in [0.29, 0.717) is 6.04 Å². The third kappa shape index (κ3) is 5.58. The second-order valence-electron chi connectivity index (χ2n) is 7.32. The molecule has 0 aromatic heterocycles. The van der Waals surface area contributed by atoms with Gasteiger partial charge < -0.3 is 10.1 Å². The van der Waals surface area contributed by atoms with Gasteiger partial charge in [-0.2, -0.15) is 0 Å². The van der Waals surface area contributed by atoms with Crippen LogP contribution in [0.4, 0.5) is 16.2 Å². The number of amides is 1. The molecule has 1 amide bonds. The van der Waals surface area contributed by atoms with Gasteiger partial charge in [-0.15, -0.1) is 0 Å². The Hall–Kier alpha value is -1.71. The summed E-state index contributed by atoms with van der Waals surface area (Å²) >= 11 is 0. The monoisotopic (exact) mass is 304 g/mol. The first-order valence-electron chi connectivity index (χ1n) is 8.18. The molecule has 0 heterocycles. The molecule has 22 heavy (non-hydrogen) atoms. The van der Waals surface area contributed by atoms with Crippen molar-refractivity contribution in [3.8, 4) is 0 Å². The summed E-state index contributed by atoms with van der Waals surface area (Å²) in [7, 11) is 0. The first kappa shape index (κ1) is 16.7. The molecule has 2 unspecified atom stereocenters. The average Bonchev–Trinajstić information content (AvgIpc) is 2.39. The van der Waals surface area contributed by atoms with E-state index in [1.54, 1.807) is 0 Å². The Labute approximate surface area is 133 Å². The Morgan fingerprint density at radius 3 is 2.36 bits per heavy atom. The van der Waals surface area contributed by atoms with E-state index in [1.807, 2.05) is 45.0 Å². The Morgan fingerprint density at radius 2 is 1.77 bits per heavy atom. The van der Waals surface area contributed by atoms with E-state index in [9.17, 15) is 4.79 Å². The summed E-state index contributed by atoms with van der Waals surface area (Å²) in [4.78, 5) is 11.7. The minimum atomic E-state index is -0.483. The van der Waals surface area contributed by atoms with Crippen molar-refractivity contribution in [1.29, 1.82) is 0 Å². The van der Waals surface area contributed by atoms with E-state index >= 15 is 0 Å². The lowest BCUT2D eigenvalue weighted by molar-refractivity contribution is 0.0636. The molecule has 1 fully saturated rings. The average molecular weight is 304 g/mol. The quantitative estimate of drug-likeness (QED) is 0.824. The number of ether oxygens (including phenoxy) is 1. The van der Waals surface area contributed by atoms with Crippen molar-refractivity contribution < 1.29 is 9.53 Å². The third-order valence-corrected chi connectivity index (χ3v) is 3.84. The van der Waals surface area contributed by atoms with Gasteiger partial charge in [0.1, 0.15) is 5.60 Å². The van der Waals surface area contributed by atoms with Crippen LogP contribution in [0.5, 0.6) is 0 Å². The molecule has 122 valence electrons. The molecule has 0 saturated heterocycles. The fourth-order valence-corrected chi connectivity index (χ4v) is 2.87. The van der Waals surface area contributed by atoms with Gasteiger partial charge in [0.15, 0.2) is 0 Å². The first-order valence-corrected chi connectivity index (χ1v) is 8.18. The lowest BCUT2D eigenvalue weighted by atomic mass is 9.87. The lowest BCUT2D eigenvalue weighted by Gasteiger charge is -2.28. The number of benzene rings is 1. The number of hydrogen-bond donors (Lipinski definition) is 2. The van der Waals surface area contributed by atoms with Gasteiger partial charge in [0.2, 0.25) is 0 Å². The Balaban J connectivity index is 1.86. The van der Waals surface area contributed by atoms with Crippen LogP contribution in [-0.4, -0.2) is 17.7 Å². The molecule has 2 atom stereocenters. The van der Waals surface area contributed by atoms with E-state index in [1.165, 1.54) is 25.7 Å². The standard InChI is InChI=1S/C18H28N2O2/c1-13-6-5-7-16(12-13)19-14-8-10-15(11-9-14)20-17(21)22-18(2,3)4/h8-11,13,16,19H,5-7,12H2,1-4H3,(H,20,21). The Kier molecular flexibility index (Phi) is 5.33. The lowest BCUT2D eigenvalue weighted by Crippen LogP contribution is -2.27. The van der Waals surface area contributed by atoms with Crippen molar-refractivity contribution in [2.45, 2.75) is 65.0 Å². The molecule has 1 aromatic rings. The molecule has 0 radical (unpaired) electrons. The van der Waals surface area contributed by atoms with Crippen molar-refractivity contribution in [1.82, 2.24) is 0 Å². The highest BCUT2D eigenvalue weighted by Gasteiger charge is 2.19. The fourth-order valence-electron chi connectivity index (χ4n) is 2.87. The van der Waals surface area contributed by atoms with E-state index in [4.69, 9.17) is 4.74 Å². The Bertz CT molecular complexity index is 491. The van der Waals surface area contributed by atoms with Gasteiger partial charge in [0.25, 0.3) is 0 Å². The molecule has 4 heteroatoms. The van der Waals surface area contributed by atoms with Crippen LogP contribution in [0.15, 0.2) is 24.3 Å². The van der Waals surface area contributed by atoms with Gasteiger partial charge in [-0.1, -0.05) is 19.8 Å². The van der Waals surface area contributed by atoms with Crippen molar-refractivity contribution in [3.63, 3.8) is 0 Å². The topological polar surface area (TPSA) is 50.4 Å².